The fourth-order valence-corrected chi connectivity index (χ4v) is 3.59. The largest absolute Gasteiger partial charge is 0.332 e. The van der Waals surface area contributed by atoms with Crippen LogP contribution in [0.15, 0.2) is 6.07 Å². The van der Waals surface area contributed by atoms with Crippen LogP contribution in [-0.4, -0.2) is 39.3 Å². The van der Waals surface area contributed by atoms with Crippen LogP contribution in [-0.2, 0) is 13.6 Å². The number of rotatable bonds is 3. The molecule has 4 rings (SSSR count). The van der Waals surface area contributed by atoms with Crippen molar-refractivity contribution >= 4 is 6.03 Å². The van der Waals surface area contributed by atoms with Gasteiger partial charge in [-0.3, -0.25) is 4.68 Å². The first kappa shape index (κ1) is 13.1. The first-order chi connectivity index (χ1) is 10.0. The van der Waals surface area contributed by atoms with Gasteiger partial charge in [-0.1, -0.05) is 0 Å². The van der Waals surface area contributed by atoms with Crippen LogP contribution in [0, 0.1) is 5.92 Å². The summed E-state index contributed by atoms with van der Waals surface area (Å²) in [7, 11) is 1.94. The van der Waals surface area contributed by atoms with Crippen LogP contribution in [0.1, 0.15) is 43.0 Å². The van der Waals surface area contributed by atoms with Gasteiger partial charge in [0.15, 0.2) is 0 Å². The Labute approximate surface area is 124 Å². The van der Waals surface area contributed by atoms with Gasteiger partial charge in [0, 0.05) is 31.6 Å². The van der Waals surface area contributed by atoms with Gasteiger partial charge in [-0.25, -0.2) is 4.79 Å². The van der Waals surface area contributed by atoms with Crippen LogP contribution in [0.3, 0.4) is 0 Å². The average Bonchev–Trinajstić information content (AvgIpc) is 3.19. The number of nitrogens with one attached hydrogen (secondary N) is 1. The molecule has 1 aromatic rings. The molecule has 3 fully saturated rings. The van der Waals surface area contributed by atoms with Gasteiger partial charge in [0.05, 0.1) is 17.9 Å². The van der Waals surface area contributed by atoms with E-state index >= 15 is 0 Å². The summed E-state index contributed by atoms with van der Waals surface area (Å²) in [5.41, 5.74) is 8.40. The Bertz CT molecular complexity index is 579. The zero-order valence-corrected chi connectivity index (χ0v) is 12.5. The fraction of sp³-hybridized carbons (Fsp3) is 0.733. The number of hydrogen-bond donors (Lipinski definition) is 2. The van der Waals surface area contributed by atoms with Crippen LogP contribution in [0.5, 0.6) is 0 Å². The van der Waals surface area contributed by atoms with Crippen molar-refractivity contribution < 1.29 is 4.79 Å². The normalized spacial score (nSPS) is 31.0. The molecule has 6 nitrogen and oxygen atoms in total. The van der Waals surface area contributed by atoms with Crippen LogP contribution < -0.4 is 11.1 Å². The molecular formula is C15H23N5O. The van der Waals surface area contributed by atoms with Gasteiger partial charge in [0.1, 0.15) is 0 Å². The summed E-state index contributed by atoms with van der Waals surface area (Å²) in [6, 6.07) is 2.12. The third-order valence-electron chi connectivity index (χ3n) is 5.40. The molecule has 0 radical (unpaired) electrons. The number of nitrogens with two attached hydrogens (primary N) is 1. The van der Waals surface area contributed by atoms with Crippen molar-refractivity contribution in [2.45, 2.75) is 43.7 Å². The minimum atomic E-state index is -0.108. The van der Waals surface area contributed by atoms with Gasteiger partial charge in [-0.05, 0) is 37.7 Å². The quantitative estimate of drug-likeness (QED) is 0.869. The van der Waals surface area contributed by atoms with Crippen LogP contribution in [0.25, 0.3) is 0 Å². The summed E-state index contributed by atoms with van der Waals surface area (Å²) >= 11 is 0. The van der Waals surface area contributed by atoms with Crippen LogP contribution in [0.2, 0.25) is 0 Å². The van der Waals surface area contributed by atoms with E-state index < -0.39 is 0 Å². The number of likely N-dealkylation sites (tertiary alicyclic amines) is 1. The highest BCUT2D eigenvalue weighted by molar-refractivity contribution is 5.74. The van der Waals surface area contributed by atoms with Crippen molar-refractivity contribution in [1.29, 1.82) is 0 Å². The van der Waals surface area contributed by atoms with Crippen LogP contribution in [0.4, 0.5) is 4.79 Å². The number of nitrogens with zero attached hydrogens (tertiary/aromatic N) is 3. The average molecular weight is 289 g/mol. The van der Waals surface area contributed by atoms with E-state index in [1.807, 2.05) is 16.6 Å². The Morgan fingerprint density at radius 1 is 1.52 bits per heavy atom. The maximum atomic E-state index is 12.3. The van der Waals surface area contributed by atoms with Gasteiger partial charge >= 0.3 is 6.03 Å². The maximum absolute atomic E-state index is 12.3. The molecule has 0 bridgehead atoms. The Balaban J connectivity index is 1.35. The molecule has 1 aliphatic heterocycles. The first-order valence-corrected chi connectivity index (χ1v) is 7.90. The number of carbonyl (C=O) groups is 1. The molecule has 2 heterocycles. The highest BCUT2D eigenvalue weighted by atomic mass is 16.2. The van der Waals surface area contributed by atoms with E-state index in [-0.39, 0.29) is 11.6 Å². The topological polar surface area (TPSA) is 76.2 Å². The lowest BCUT2D eigenvalue weighted by molar-refractivity contribution is 0.187. The number of fused-ring (bicyclic) bond motifs is 1. The molecule has 0 unspecified atom stereocenters. The Morgan fingerprint density at radius 2 is 2.33 bits per heavy atom. The predicted octanol–water partition coefficient (Wildman–Crippen LogP) is 0.930. The van der Waals surface area contributed by atoms with E-state index in [4.69, 9.17) is 5.73 Å². The van der Waals surface area contributed by atoms with Crippen molar-refractivity contribution in [2.75, 3.05) is 13.1 Å². The Morgan fingerprint density at radius 3 is 2.90 bits per heavy atom. The Kier molecular flexibility index (Phi) is 2.79. The molecule has 114 valence electrons. The lowest BCUT2D eigenvalue weighted by Crippen LogP contribution is -2.55. The predicted molar refractivity (Wildman–Crippen MR) is 78.6 cm³/mol. The summed E-state index contributed by atoms with van der Waals surface area (Å²) in [5.74, 6) is 1.15. The van der Waals surface area contributed by atoms with Gasteiger partial charge < -0.3 is 16.0 Å². The molecule has 2 aliphatic carbocycles. The van der Waals surface area contributed by atoms with E-state index in [1.165, 1.54) is 18.5 Å². The number of aryl methyl sites for hydroxylation is 1. The molecule has 2 saturated carbocycles. The molecular weight excluding hydrogens is 266 g/mol. The summed E-state index contributed by atoms with van der Waals surface area (Å²) < 4.78 is 1.88. The highest BCUT2D eigenvalue weighted by Crippen LogP contribution is 2.42. The molecule has 2 atom stereocenters. The molecule has 1 saturated heterocycles. The van der Waals surface area contributed by atoms with Gasteiger partial charge in [-0.15, -0.1) is 0 Å². The summed E-state index contributed by atoms with van der Waals surface area (Å²) in [5, 5.41) is 7.54. The fourth-order valence-electron chi connectivity index (χ4n) is 3.59. The number of carbonyl (C=O) groups excluding carboxylic acids is 1. The zero-order valence-electron chi connectivity index (χ0n) is 12.5. The van der Waals surface area contributed by atoms with Crippen molar-refractivity contribution in [2.24, 2.45) is 18.7 Å². The van der Waals surface area contributed by atoms with Gasteiger partial charge in [0.25, 0.3) is 0 Å². The SMILES string of the molecule is Cn1nc(C2CC2)cc1CNC(=O)N1C[C@@H]2CC[C@]2(N)C1. The second-order valence-electron chi connectivity index (χ2n) is 6.97. The summed E-state index contributed by atoms with van der Waals surface area (Å²) in [4.78, 5) is 14.1. The smallest absolute Gasteiger partial charge is 0.317 e. The van der Waals surface area contributed by atoms with Gasteiger partial charge in [0.2, 0.25) is 0 Å². The molecule has 6 heteroatoms. The van der Waals surface area contributed by atoms with Crippen molar-refractivity contribution in [3.8, 4) is 0 Å². The molecule has 1 aromatic heterocycles. The standard InChI is InChI=1S/C15H23N5O/c1-19-12(6-13(18-19)10-2-3-10)7-17-14(21)20-8-11-4-5-15(11,16)9-20/h6,10-11H,2-5,7-9,16H2,1H3,(H,17,21)/t11-,15-/m0/s1. The van der Waals surface area contributed by atoms with E-state index in [0.717, 1.165) is 25.1 Å². The molecule has 2 amide bonds. The second-order valence-corrected chi connectivity index (χ2v) is 6.97. The molecule has 3 aliphatic rings. The monoisotopic (exact) mass is 289 g/mol. The number of aromatic nitrogens is 2. The second kappa shape index (κ2) is 4.47. The van der Waals surface area contributed by atoms with Crippen molar-refractivity contribution in [1.82, 2.24) is 20.0 Å². The molecule has 0 spiro atoms. The lowest BCUT2D eigenvalue weighted by Gasteiger charge is -2.39. The zero-order chi connectivity index (χ0) is 14.6. The molecule has 21 heavy (non-hydrogen) atoms. The summed E-state index contributed by atoms with van der Waals surface area (Å²) in [6.45, 7) is 2.04. The van der Waals surface area contributed by atoms with Crippen LogP contribution >= 0.6 is 0 Å². The first-order valence-electron chi connectivity index (χ1n) is 7.90. The van der Waals surface area contributed by atoms with E-state index in [1.54, 1.807) is 0 Å². The minimum Gasteiger partial charge on any atom is -0.332 e. The number of hydrogen-bond acceptors (Lipinski definition) is 3. The number of urea groups is 1. The highest BCUT2D eigenvalue weighted by Gasteiger charge is 2.51. The van der Waals surface area contributed by atoms with Gasteiger partial charge in [-0.2, -0.15) is 5.10 Å². The van der Waals surface area contributed by atoms with E-state index in [2.05, 4.69) is 16.5 Å². The molecule has 3 N–H and O–H groups in total. The summed E-state index contributed by atoms with van der Waals surface area (Å²) in [6.07, 6.45) is 4.70. The third-order valence-corrected chi connectivity index (χ3v) is 5.40. The molecule has 0 aromatic carbocycles. The van der Waals surface area contributed by atoms with E-state index in [9.17, 15) is 4.79 Å². The number of amides is 2. The third kappa shape index (κ3) is 2.21. The van der Waals surface area contributed by atoms with Crippen molar-refractivity contribution in [3.63, 3.8) is 0 Å². The van der Waals surface area contributed by atoms with Crippen molar-refractivity contribution in [3.05, 3.63) is 17.5 Å². The maximum Gasteiger partial charge on any atom is 0.317 e. The van der Waals surface area contributed by atoms with E-state index in [0.29, 0.717) is 24.9 Å². The Hall–Kier alpha value is -1.56. The lowest BCUT2D eigenvalue weighted by atomic mass is 9.70. The minimum absolute atomic E-state index is 0.00315.